The first kappa shape index (κ1) is 20.2. The van der Waals surface area contributed by atoms with Crippen LogP contribution < -0.4 is 5.32 Å². The Kier molecular flexibility index (Phi) is 5.72. The number of hydrogen-bond donors (Lipinski definition) is 1. The van der Waals surface area contributed by atoms with Gasteiger partial charge in [0.1, 0.15) is 11.6 Å². The van der Waals surface area contributed by atoms with Crippen LogP contribution in [0, 0.1) is 25.2 Å². The van der Waals surface area contributed by atoms with Gasteiger partial charge < -0.3 is 5.32 Å². The van der Waals surface area contributed by atoms with E-state index in [0.717, 1.165) is 28.2 Å². The third-order valence-corrected chi connectivity index (χ3v) is 5.35. The molecule has 0 aliphatic carbocycles. The van der Waals surface area contributed by atoms with Crippen molar-refractivity contribution < 1.29 is 4.79 Å². The molecule has 1 amide bonds. The molecule has 0 saturated carbocycles. The molecule has 31 heavy (non-hydrogen) atoms. The number of pyridine rings is 1. The molecule has 7 heteroatoms. The van der Waals surface area contributed by atoms with E-state index in [1.807, 2.05) is 62.4 Å². The van der Waals surface area contributed by atoms with Crippen molar-refractivity contribution in [2.75, 3.05) is 0 Å². The van der Waals surface area contributed by atoms with Crippen molar-refractivity contribution in [1.29, 1.82) is 5.26 Å². The Labute approximate surface area is 180 Å². The van der Waals surface area contributed by atoms with Crippen LogP contribution >= 0.6 is 0 Å². The fraction of sp³-hybridized carbons (Fsp3) is 0.208. The lowest BCUT2D eigenvalue weighted by Crippen LogP contribution is -2.30. The van der Waals surface area contributed by atoms with E-state index < -0.39 is 0 Å². The molecule has 3 aromatic heterocycles. The highest BCUT2D eigenvalue weighted by molar-refractivity contribution is 5.77. The molecule has 1 unspecified atom stereocenters. The van der Waals surface area contributed by atoms with E-state index in [9.17, 15) is 10.1 Å². The summed E-state index contributed by atoms with van der Waals surface area (Å²) >= 11 is 0. The molecule has 3 heterocycles. The second-order valence-electron chi connectivity index (χ2n) is 7.33. The second kappa shape index (κ2) is 8.76. The maximum absolute atomic E-state index is 12.9. The number of hydrogen-bond acceptors (Lipinski definition) is 5. The third kappa shape index (κ3) is 4.14. The molecule has 0 bridgehead atoms. The predicted octanol–water partition coefficient (Wildman–Crippen LogP) is 3.45. The molecule has 4 rings (SSSR count). The number of rotatable bonds is 6. The van der Waals surface area contributed by atoms with E-state index in [4.69, 9.17) is 0 Å². The fourth-order valence-corrected chi connectivity index (χ4v) is 3.74. The third-order valence-electron chi connectivity index (χ3n) is 5.35. The summed E-state index contributed by atoms with van der Waals surface area (Å²) in [4.78, 5) is 21.9. The van der Waals surface area contributed by atoms with Crippen molar-refractivity contribution >= 4 is 11.6 Å². The number of nitrogens with one attached hydrogen (secondary N) is 1. The van der Waals surface area contributed by atoms with Gasteiger partial charge in [-0.1, -0.05) is 36.4 Å². The number of carbonyl (C=O) groups excluding carboxylic acids is 1. The molecule has 0 radical (unpaired) electrons. The lowest BCUT2D eigenvalue weighted by molar-refractivity contribution is -0.121. The smallest absolute Gasteiger partial charge is 0.221 e. The molecule has 0 aliphatic heterocycles. The summed E-state index contributed by atoms with van der Waals surface area (Å²) in [5.74, 6) is -0.0726. The number of benzene rings is 1. The maximum Gasteiger partial charge on any atom is 0.221 e. The van der Waals surface area contributed by atoms with Gasteiger partial charge in [-0.05, 0) is 43.5 Å². The molecule has 154 valence electrons. The van der Waals surface area contributed by atoms with Crippen molar-refractivity contribution in [3.05, 3.63) is 94.7 Å². The average molecular weight is 410 g/mol. The highest BCUT2D eigenvalue weighted by Gasteiger charge is 2.19. The van der Waals surface area contributed by atoms with E-state index in [2.05, 4.69) is 26.5 Å². The van der Waals surface area contributed by atoms with Crippen LogP contribution in [-0.2, 0) is 11.2 Å². The van der Waals surface area contributed by atoms with Gasteiger partial charge in [0.25, 0.3) is 0 Å². The molecule has 7 nitrogen and oxygen atoms in total. The van der Waals surface area contributed by atoms with Crippen LogP contribution in [0.3, 0.4) is 0 Å². The number of fused-ring (bicyclic) bond motifs is 1. The molecule has 1 N–H and O–H groups in total. The summed E-state index contributed by atoms with van der Waals surface area (Å²) in [6, 6.07) is 17.3. The molecule has 1 aromatic carbocycles. The summed E-state index contributed by atoms with van der Waals surface area (Å²) in [7, 11) is 0. The Morgan fingerprint density at radius 1 is 1.16 bits per heavy atom. The molecular formula is C24H22N6O. The van der Waals surface area contributed by atoms with Gasteiger partial charge in [0.15, 0.2) is 5.65 Å². The van der Waals surface area contributed by atoms with E-state index in [1.54, 1.807) is 10.7 Å². The van der Waals surface area contributed by atoms with E-state index in [-0.39, 0.29) is 11.9 Å². The quantitative estimate of drug-likeness (QED) is 0.525. The maximum atomic E-state index is 12.9. The van der Waals surface area contributed by atoms with Gasteiger partial charge in [0.05, 0.1) is 17.9 Å². The van der Waals surface area contributed by atoms with Crippen LogP contribution in [0.1, 0.15) is 46.2 Å². The molecule has 4 aromatic rings. The first-order chi connectivity index (χ1) is 15.1. The van der Waals surface area contributed by atoms with Crippen LogP contribution in [0.15, 0.2) is 60.9 Å². The lowest BCUT2D eigenvalue weighted by atomic mass is 10.0. The number of nitrogens with zero attached hydrogens (tertiary/aromatic N) is 5. The number of nitriles is 1. The minimum atomic E-state index is -0.318. The van der Waals surface area contributed by atoms with Crippen LogP contribution in [0.4, 0.5) is 0 Å². The monoisotopic (exact) mass is 410 g/mol. The van der Waals surface area contributed by atoms with Gasteiger partial charge in [-0.25, -0.2) is 9.50 Å². The van der Waals surface area contributed by atoms with Crippen LogP contribution in [-0.4, -0.2) is 25.5 Å². The van der Waals surface area contributed by atoms with Gasteiger partial charge in [-0.2, -0.15) is 10.4 Å². The van der Waals surface area contributed by atoms with Gasteiger partial charge in [0, 0.05) is 24.0 Å². The lowest BCUT2D eigenvalue weighted by Gasteiger charge is -2.19. The molecular weight excluding hydrogens is 388 g/mol. The standard InChI is InChI=1S/C24H22N6O/c1-16-20(17(2)30-24(28-16)19(14-25)15-27-30)11-12-22(31)29-23(18-8-4-3-5-9-18)21-10-6-7-13-26-21/h3-10,13,15,23H,11-12H2,1-2H3,(H,29,31). The molecule has 0 spiro atoms. The summed E-state index contributed by atoms with van der Waals surface area (Å²) < 4.78 is 1.67. The van der Waals surface area contributed by atoms with E-state index in [1.165, 1.54) is 6.20 Å². The second-order valence-corrected chi connectivity index (χ2v) is 7.33. The number of carbonyl (C=O) groups is 1. The largest absolute Gasteiger partial charge is 0.344 e. The summed E-state index contributed by atoms with van der Waals surface area (Å²) in [6.45, 7) is 3.83. The first-order valence-electron chi connectivity index (χ1n) is 10.1. The zero-order valence-corrected chi connectivity index (χ0v) is 17.4. The van der Waals surface area contributed by atoms with Crippen molar-refractivity contribution in [3.63, 3.8) is 0 Å². The number of amides is 1. The Morgan fingerprint density at radius 2 is 1.94 bits per heavy atom. The first-order valence-corrected chi connectivity index (χ1v) is 10.1. The Bertz CT molecular complexity index is 1220. The molecule has 0 fully saturated rings. The fourth-order valence-electron chi connectivity index (χ4n) is 3.74. The molecule has 0 saturated heterocycles. The highest BCUT2D eigenvalue weighted by Crippen LogP contribution is 2.21. The van der Waals surface area contributed by atoms with Gasteiger partial charge in [-0.3, -0.25) is 9.78 Å². The molecule has 1 atom stereocenters. The topological polar surface area (TPSA) is 96.0 Å². The zero-order chi connectivity index (χ0) is 21.8. The van der Waals surface area contributed by atoms with Crippen molar-refractivity contribution in [3.8, 4) is 6.07 Å². The van der Waals surface area contributed by atoms with Gasteiger partial charge >= 0.3 is 0 Å². The average Bonchev–Trinajstić information content (AvgIpc) is 3.21. The van der Waals surface area contributed by atoms with Crippen molar-refractivity contribution in [1.82, 2.24) is 24.9 Å². The van der Waals surface area contributed by atoms with Crippen LogP contribution in [0.2, 0.25) is 0 Å². The minimum absolute atomic E-state index is 0.0726. The number of aryl methyl sites for hydroxylation is 2. The van der Waals surface area contributed by atoms with Gasteiger partial charge in [0.2, 0.25) is 5.91 Å². The minimum Gasteiger partial charge on any atom is -0.344 e. The van der Waals surface area contributed by atoms with Crippen molar-refractivity contribution in [2.24, 2.45) is 0 Å². The normalized spacial score (nSPS) is 11.8. The van der Waals surface area contributed by atoms with Crippen molar-refractivity contribution in [2.45, 2.75) is 32.7 Å². The van der Waals surface area contributed by atoms with E-state index >= 15 is 0 Å². The van der Waals surface area contributed by atoms with Crippen LogP contribution in [0.5, 0.6) is 0 Å². The van der Waals surface area contributed by atoms with Crippen LogP contribution in [0.25, 0.3) is 5.65 Å². The summed E-state index contributed by atoms with van der Waals surface area (Å²) in [5.41, 5.74) is 5.41. The Morgan fingerprint density at radius 3 is 2.65 bits per heavy atom. The molecule has 0 aliphatic rings. The Balaban J connectivity index is 1.54. The summed E-state index contributed by atoms with van der Waals surface area (Å²) in [5, 5.41) is 16.6. The van der Waals surface area contributed by atoms with Gasteiger partial charge in [-0.15, -0.1) is 0 Å². The predicted molar refractivity (Wildman–Crippen MR) is 116 cm³/mol. The highest BCUT2D eigenvalue weighted by atomic mass is 16.1. The number of aromatic nitrogens is 4. The Hall–Kier alpha value is -4.05. The zero-order valence-electron chi connectivity index (χ0n) is 17.4. The van der Waals surface area contributed by atoms with E-state index in [0.29, 0.717) is 24.1 Å². The SMILES string of the molecule is Cc1nc2c(C#N)cnn2c(C)c1CCC(=O)NC(c1ccccc1)c1ccccn1. The summed E-state index contributed by atoms with van der Waals surface area (Å²) in [6.07, 6.45) is 4.07.